The number of aromatic nitrogens is 2. The van der Waals surface area contributed by atoms with Crippen molar-refractivity contribution in [2.24, 2.45) is 0 Å². The summed E-state index contributed by atoms with van der Waals surface area (Å²) >= 11 is 5.79. The molecule has 0 atom stereocenters. The van der Waals surface area contributed by atoms with Gasteiger partial charge in [0, 0.05) is 29.1 Å². The molecule has 2 aromatic rings. The van der Waals surface area contributed by atoms with Gasteiger partial charge in [0.15, 0.2) is 9.84 Å². The van der Waals surface area contributed by atoms with E-state index in [-0.39, 0.29) is 11.5 Å². The summed E-state index contributed by atoms with van der Waals surface area (Å²) < 4.78 is 24.1. The molecular weight excluding hydrogens is 420 g/mol. The molecule has 0 saturated carbocycles. The molecule has 158 valence electrons. The topological polar surface area (TPSA) is 137 Å². The van der Waals surface area contributed by atoms with E-state index in [9.17, 15) is 18.0 Å². The van der Waals surface area contributed by atoms with Crippen LogP contribution in [0.5, 0.6) is 0 Å². The molecule has 0 aliphatic heterocycles. The van der Waals surface area contributed by atoms with Crippen LogP contribution in [0.2, 0.25) is 5.02 Å². The predicted molar refractivity (Wildman–Crippen MR) is 109 cm³/mol. The minimum atomic E-state index is -3.04. The van der Waals surface area contributed by atoms with E-state index in [1.54, 1.807) is 36.8 Å². The highest BCUT2D eigenvalue weighted by atomic mass is 35.5. The van der Waals surface area contributed by atoms with Gasteiger partial charge in [0.1, 0.15) is 0 Å². The fraction of sp³-hybridized carbons (Fsp3) is 0.316. The SMILES string of the molecule is O=C(O)/C=C\C(=O)O.O=S(=O)(CCCCCc1cnc[nH]1)Cc1ccc(Cl)cc1. The number of aromatic amines is 1. The molecule has 2 rings (SSSR count). The second kappa shape index (κ2) is 12.7. The van der Waals surface area contributed by atoms with Crippen molar-refractivity contribution in [3.05, 3.63) is 65.2 Å². The number of carbonyl (C=O) groups is 2. The number of benzene rings is 1. The van der Waals surface area contributed by atoms with Crippen LogP contribution >= 0.6 is 11.6 Å². The van der Waals surface area contributed by atoms with Gasteiger partial charge in [-0.3, -0.25) is 0 Å². The van der Waals surface area contributed by atoms with Crippen molar-refractivity contribution in [3.8, 4) is 0 Å². The van der Waals surface area contributed by atoms with Crippen LogP contribution in [0.1, 0.15) is 30.5 Å². The average molecular weight is 443 g/mol. The number of aryl methyl sites for hydroxylation is 1. The number of hydrogen-bond acceptors (Lipinski definition) is 5. The van der Waals surface area contributed by atoms with Crippen molar-refractivity contribution in [1.82, 2.24) is 9.97 Å². The number of nitrogens with zero attached hydrogens (tertiary/aromatic N) is 1. The van der Waals surface area contributed by atoms with Gasteiger partial charge in [0.05, 0.1) is 17.8 Å². The van der Waals surface area contributed by atoms with Crippen LogP contribution in [0, 0.1) is 0 Å². The third kappa shape index (κ3) is 12.4. The van der Waals surface area contributed by atoms with Gasteiger partial charge in [0.2, 0.25) is 0 Å². The molecule has 0 fully saturated rings. The Morgan fingerprint density at radius 1 is 1.03 bits per heavy atom. The number of carboxylic acids is 2. The van der Waals surface area contributed by atoms with Crippen molar-refractivity contribution >= 4 is 33.4 Å². The third-order valence-corrected chi connectivity index (χ3v) is 5.56. The molecule has 0 spiro atoms. The first-order valence-corrected chi connectivity index (χ1v) is 10.9. The first-order valence-electron chi connectivity index (χ1n) is 8.74. The Bertz CT molecular complexity index is 877. The van der Waals surface area contributed by atoms with Crippen LogP contribution in [0.15, 0.2) is 48.9 Å². The highest BCUT2D eigenvalue weighted by Gasteiger charge is 2.11. The van der Waals surface area contributed by atoms with Crippen LogP contribution in [-0.4, -0.2) is 46.3 Å². The highest BCUT2D eigenvalue weighted by molar-refractivity contribution is 7.90. The zero-order valence-electron chi connectivity index (χ0n) is 15.6. The smallest absolute Gasteiger partial charge is 0.328 e. The Balaban J connectivity index is 0.000000447. The molecule has 1 heterocycles. The van der Waals surface area contributed by atoms with Gasteiger partial charge in [-0.05, 0) is 37.0 Å². The molecule has 8 nitrogen and oxygen atoms in total. The largest absolute Gasteiger partial charge is 0.478 e. The van der Waals surface area contributed by atoms with Crippen LogP contribution in [0.25, 0.3) is 0 Å². The minimum absolute atomic E-state index is 0.0880. The molecule has 0 amide bonds. The average Bonchev–Trinajstić information content (AvgIpc) is 3.15. The second-order valence-corrected chi connectivity index (χ2v) is 8.74. The van der Waals surface area contributed by atoms with Gasteiger partial charge in [-0.25, -0.2) is 23.0 Å². The summed E-state index contributed by atoms with van der Waals surface area (Å²) in [6, 6.07) is 6.96. The number of sulfone groups is 1. The summed E-state index contributed by atoms with van der Waals surface area (Å²) in [5.74, 6) is -2.19. The summed E-state index contributed by atoms with van der Waals surface area (Å²) in [6.07, 6.45) is 8.06. The maximum atomic E-state index is 12.0. The van der Waals surface area contributed by atoms with E-state index in [1.807, 2.05) is 0 Å². The fourth-order valence-electron chi connectivity index (χ4n) is 2.28. The van der Waals surface area contributed by atoms with Crippen LogP contribution in [-0.2, 0) is 31.6 Å². The van der Waals surface area contributed by atoms with Gasteiger partial charge < -0.3 is 15.2 Å². The molecule has 1 aromatic heterocycles. The number of unbranched alkanes of at least 4 members (excludes halogenated alkanes) is 2. The van der Waals surface area contributed by atoms with E-state index in [1.165, 1.54) is 0 Å². The molecule has 0 radical (unpaired) electrons. The quantitative estimate of drug-likeness (QED) is 0.379. The minimum Gasteiger partial charge on any atom is -0.478 e. The van der Waals surface area contributed by atoms with Crippen molar-refractivity contribution in [2.75, 3.05) is 5.75 Å². The molecular formula is C19H23ClN2O6S. The molecule has 0 unspecified atom stereocenters. The lowest BCUT2D eigenvalue weighted by Crippen LogP contribution is -2.09. The summed E-state index contributed by atoms with van der Waals surface area (Å²) in [4.78, 5) is 26.1. The van der Waals surface area contributed by atoms with E-state index in [0.29, 0.717) is 23.6 Å². The van der Waals surface area contributed by atoms with E-state index < -0.39 is 21.8 Å². The summed E-state index contributed by atoms with van der Waals surface area (Å²) in [6.45, 7) is 0. The number of halogens is 1. The Hall–Kier alpha value is -2.65. The number of imidazole rings is 1. The summed E-state index contributed by atoms with van der Waals surface area (Å²) in [5.41, 5.74) is 1.89. The molecule has 29 heavy (non-hydrogen) atoms. The second-order valence-electron chi connectivity index (χ2n) is 6.12. The molecule has 0 aliphatic carbocycles. The van der Waals surface area contributed by atoms with E-state index >= 15 is 0 Å². The molecule has 0 bridgehead atoms. The van der Waals surface area contributed by atoms with Crippen LogP contribution in [0.3, 0.4) is 0 Å². The number of aliphatic carboxylic acids is 2. The predicted octanol–water partition coefficient (Wildman–Crippen LogP) is 3.10. The van der Waals surface area contributed by atoms with E-state index in [0.717, 1.165) is 30.5 Å². The zero-order valence-corrected chi connectivity index (χ0v) is 17.2. The van der Waals surface area contributed by atoms with Crippen molar-refractivity contribution in [2.45, 2.75) is 31.4 Å². The Morgan fingerprint density at radius 2 is 1.66 bits per heavy atom. The van der Waals surface area contributed by atoms with Crippen LogP contribution in [0.4, 0.5) is 0 Å². The van der Waals surface area contributed by atoms with Gasteiger partial charge in [-0.15, -0.1) is 0 Å². The molecule has 0 saturated heterocycles. The van der Waals surface area contributed by atoms with Crippen LogP contribution < -0.4 is 0 Å². The summed E-state index contributed by atoms with van der Waals surface area (Å²) in [5, 5.41) is 16.2. The number of rotatable bonds is 10. The van der Waals surface area contributed by atoms with Gasteiger partial charge in [-0.1, -0.05) is 30.2 Å². The number of carboxylic acid groups (broad SMARTS) is 2. The number of nitrogens with one attached hydrogen (secondary N) is 1. The van der Waals surface area contributed by atoms with Crippen molar-refractivity contribution < 1.29 is 28.2 Å². The van der Waals surface area contributed by atoms with E-state index in [2.05, 4.69) is 9.97 Å². The van der Waals surface area contributed by atoms with Crippen molar-refractivity contribution in [3.63, 3.8) is 0 Å². The van der Waals surface area contributed by atoms with Gasteiger partial charge in [0.25, 0.3) is 0 Å². The monoisotopic (exact) mass is 442 g/mol. The van der Waals surface area contributed by atoms with Gasteiger partial charge in [-0.2, -0.15) is 0 Å². The molecule has 1 aromatic carbocycles. The van der Waals surface area contributed by atoms with Crippen molar-refractivity contribution in [1.29, 1.82) is 0 Å². The first kappa shape index (κ1) is 24.4. The third-order valence-electron chi connectivity index (χ3n) is 3.62. The maximum absolute atomic E-state index is 12.0. The standard InChI is InChI=1S/C15H19ClN2O2S.C4H4O4/c16-14-7-5-13(6-8-14)11-21(19,20)9-3-1-2-4-15-10-17-12-18-15;5-3(6)1-2-4(7)8/h5-8,10,12H,1-4,9,11H2,(H,17,18);1-2H,(H,5,6)(H,7,8)/b;2-1-. The lowest BCUT2D eigenvalue weighted by molar-refractivity contribution is -0.134. The zero-order chi connectivity index (χ0) is 21.7. The Kier molecular flexibility index (Phi) is 10.7. The lowest BCUT2D eigenvalue weighted by Gasteiger charge is -2.05. The first-order chi connectivity index (χ1) is 13.7. The Morgan fingerprint density at radius 3 is 2.17 bits per heavy atom. The number of H-pyrrole nitrogens is 1. The summed E-state index contributed by atoms with van der Waals surface area (Å²) in [7, 11) is -3.04. The maximum Gasteiger partial charge on any atom is 0.328 e. The lowest BCUT2D eigenvalue weighted by atomic mass is 10.2. The Labute approximate surface area is 174 Å². The van der Waals surface area contributed by atoms with E-state index in [4.69, 9.17) is 21.8 Å². The normalized spacial score (nSPS) is 11.1. The highest BCUT2D eigenvalue weighted by Crippen LogP contribution is 2.13. The molecule has 10 heteroatoms. The van der Waals surface area contributed by atoms with Gasteiger partial charge >= 0.3 is 11.9 Å². The molecule has 0 aliphatic rings. The fourth-order valence-corrected chi connectivity index (χ4v) is 3.90. The molecule has 3 N–H and O–H groups in total. The number of hydrogen-bond donors (Lipinski definition) is 3.